The number of carbonyl (C=O) groups excluding carboxylic acids is 2. The highest BCUT2D eigenvalue weighted by atomic mass is 16.2. The Morgan fingerprint density at radius 2 is 1.83 bits per heavy atom. The maximum absolute atomic E-state index is 13.1. The van der Waals surface area contributed by atoms with Crippen LogP contribution in [0.15, 0.2) is 24.3 Å². The number of hydrogen-bond acceptors (Lipinski definition) is 2. The van der Waals surface area contributed by atoms with Crippen molar-refractivity contribution in [1.29, 1.82) is 0 Å². The number of para-hydroxylation sites is 1. The first-order valence-electron chi connectivity index (χ1n) is 9.06. The first-order valence-corrected chi connectivity index (χ1v) is 9.06. The number of benzene rings is 1. The van der Waals surface area contributed by atoms with Gasteiger partial charge in [-0.05, 0) is 37.3 Å². The molecule has 0 saturated carbocycles. The molecule has 2 aliphatic heterocycles. The van der Waals surface area contributed by atoms with Gasteiger partial charge in [0, 0.05) is 30.7 Å². The number of carbonyl (C=O) groups is 2. The zero-order valence-corrected chi connectivity index (χ0v) is 15.0. The van der Waals surface area contributed by atoms with E-state index in [0.717, 1.165) is 44.5 Å². The Bertz CT molecular complexity index is 633. The number of fused-ring (bicyclic) bond motifs is 1. The molecule has 2 aliphatic rings. The zero-order chi connectivity index (χ0) is 17.3. The van der Waals surface area contributed by atoms with Crippen molar-refractivity contribution < 1.29 is 9.59 Å². The van der Waals surface area contributed by atoms with E-state index >= 15 is 0 Å². The van der Waals surface area contributed by atoms with E-state index in [1.165, 1.54) is 5.56 Å². The van der Waals surface area contributed by atoms with Crippen molar-refractivity contribution in [3.05, 3.63) is 29.8 Å². The lowest BCUT2D eigenvalue weighted by atomic mass is 9.90. The summed E-state index contributed by atoms with van der Waals surface area (Å²) in [4.78, 5) is 29.5. The molecule has 24 heavy (non-hydrogen) atoms. The zero-order valence-electron chi connectivity index (χ0n) is 15.0. The molecule has 1 aromatic carbocycles. The summed E-state index contributed by atoms with van der Waals surface area (Å²) in [5, 5.41) is 0. The third-order valence-corrected chi connectivity index (χ3v) is 5.08. The molecular weight excluding hydrogens is 300 g/mol. The molecule has 3 rings (SSSR count). The second kappa shape index (κ2) is 6.58. The molecule has 1 fully saturated rings. The number of rotatable bonds is 1. The third kappa shape index (κ3) is 3.33. The first kappa shape index (κ1) is 17.0. The average molecular weight is 328 g/mol. The van der Waals surface area contributed by atoms with Gasteiger partial charge in [0.15, 0.2) is 0 Å². The van der Waals surface area contributed by atoms with E-state index in [9.17, 15) is 9.59 Å². The predicted molar refractivity (Wildman–Crippen MR) is 95.9 cm³/mol. The summed E-state index contributed by atoms with van der Waals surface area (Å²) < 4.78 is 0. The fourth-order valence-electron chi connectivity index (χ4n) is 3.82. The second-order valence-electron chi connectivity index (χ2n) is 8.06. The molecule has 130 valence electrons. The Kier molecular flexibility index (Phi) is 4.66. The lowest BCUT2D eigenvalue weighted by molar-refractivity contribution is -0.142. The number of nitrogens with zero attached hydrogens (tertiary/aromatic N) is 2. The van der Waals surface area contributed by atoms with Gasteiger partial charge in [0.2, 0.25) is 11.8 Å². The van der Waals surface area contributed by atoms with E-state index in [0.29, 0.717) is 6.54 Å². The van der Waals surface area contributed by atoms with Crippen molar-refractivity contribution in [1.82, 2.24) is 4.90 Å². The minimum absolute atomic E-state index is 0.0730. The molecule has 0 bridgehead atoms. The monoisotopic (exact) mass is 328 g/mol. The molecule has 0 spiro atoms. The standard InChI is InChI=1S/C20H28N2O2/c1-20(2,3)19(24)21-12-6-10-16(14-21)18(23)22-13-7-9-15-8-4-5-11-17(15)22/h4-5,8,11,16H,6-7,9-10,12-14H2,1-3H3. The van der Waals surface area contributed by atoms with Gasteiger partial charge in [-0.25, -0.2) is 0 Å². The van der Waals surface area contributed by atoms with Crippen LogP contribution in [0.2, 0.25) is 0 Å². The van der Waals surface area contributed by atoms with Gasteiger partial charge >= 0.3 is 0 Å². The van der Waals surface area contributed by atoms with E-state index in [1.807, 2.05) is 48.8 Å². The van der Waals surface area contributed by atoms with Crippen LogP contribution in [0.4, 0.5) is 5.69 Å². The number of amides is 2. The molecule has 0 aromatic heterocycles. The van der Waals surface area contributed by atoms with Crippen LogP contribution in [-0.4, -0.2) is 36.3 Å². The number of hydrogen-bond donors (Lipinski definition) is 0. The summed E-state index contributed by atoms with van der Waals surface area (Å²) in [5.74, 6) is 0.267. The average Bonchev–Trinajstić information content (AvgIpc) is 2.59. The van der Waals surface area contributed by atoms with Gasteiger partial charge in [0.25, 0.3) is 0 Å². The predicted octanol–water partition coefficient (Wildman–Crippen LogP) is 3.25. The molecule has 4 nitrogen and oxygen atoms in total. The van der Waals surface area contributed by atoms with Crippen molar-refractivity contribution in [2.45, 2.75) is 46.5 Å². The van der Waals surface area contributed by atoms with Crippen LogP contribution in [0.1, 0.15) is 45.6 Å². The van der Waals surface area contributed by atoms with Crippen molar-refractivity contribution in [3.8, 4) is 0 Å². The minimum Gasteiger partial charge on any atom is -0.341 e. The summed E-state index contributed by atoms with van der Waals surface area (Å²) in [6.45, 7) is 7.97. The van der Waals surface area contributed by atoms with Crippen LogP contribution in [0.3, 0.4) is 0 Å². The molecule has 1 saturated heterocycles. The fourth-order valence-corrected chi connectivity index (χ4v) is 3.82. The Balaban J connectivity index is 1.75. The van der Waals surface area contributed by atoms with Gasteiger partial charge in [-0.3, -0.25) is 9.59 Å². The van der Waals surface area contributed by atoms with Crippen LogP contribution in [0.25, 0.3) is 0 Å². The molecule has 1 aromatic rings. The molecule has 0 N–H and O–H groups in total. The maximum atomic E-state index is 13.1. The Hall–Kier alpha value is -1.84. The normalized spacial score (nSPS) is 21.4. The second-order valence-corrected chi connectivity index (χ2v) is 8.06. The van der Waals surface area contributed by atoms with E-state index in [4.69, 9.17) is 0 Å². The van der Waals surface area contributed by atoms with Gasteiger partial charge < -0.3 is 9.80 Å². The topological polar surface area (TPSA) is 40.6 Å². The smallest absolute Gasteiger partial charge is 0.231 e. The SMILES string of the molecule is CC(C)(C)C(=O)N1CCCC(C(=O)N2CCCc3ccccc32)C1. The summed E-state index contributed by atoms with van der Waals surface area (Å²) in [5.41, 5.74) is 1.94. The molecule has 2 amide bonds. The third-order valence-electron chi connectivity index (χ3n) is 5.08. The number of likely N-dealkylation sites (tertiary alicyclic amines) is 1. The Morgan fingerprint density at radius 3 is 2.58 bits per heavy atom. The van der Waals surface area contributed by atoms with Crippen molar-refractivity contribution in [2.75, 3.05) is 24.5 Å². The van der Waals surface area contributed by atoms with Gasteiger partial charge in [-0.2, -0.15) is 0 Å². The lowest BCUT2D eigenvalue weighted by Gasteiger charge is -2.38. The van der Waals surface area contributed by atoms with Crippen LogP contribution >= 0.6 is 0 Å². The summed E-state index contributed by atoms with van der Waals surface area (Å²) in [7, 11) is 0. The fraction of sp³-hybridized carbons (Fsp3) is 0.600. The van der Waals surface area contributed by atoms with Crippen molar-refractivity contribution >= 4 is 17.5 Å². The molecule has 0 aliphatic carbocycles. The van der Waals surface area contributed by atoms with Gasteiger partial charge in [0.1, 0.15) is 0 Å². The quantitative estimate of drug-likeness (QED) is 0.794. The molecule has 1 atom stereocenters. The maximum Gasteiger partial charge on any atom is 0.231 e. The minimum atomic E-state index is -0.386. The lowest BCUT2D eigenvalue weighted by Crippen LogP contribution is -2.50. The van der Waals surface area contributed by atoms with E-state index < -0.39 is 0 Å². The van der Waals surface area contributed by atoms with Gasteiger partial charge in [-0.1, -0.05) is 39.0 Å². The summed E-state index contributed by atoms with van der Waals surface area (Å²) >= 11 is 0. The molecule has 2 heterocycles. The summed E-state index contributed by atoms with van der Waals surface area (Å²) in [6.07, 6.45) is 3.85. The Morgan fingerprint density at radius 1 is 1.08 bits per heavy atom. The van der Waals surface area contributed by atoms with Crippen LogP contribution in [0.5, 0.6) is 0 Å². The number of aryl methyl sites for hydroxylation is 1. The highest BCUT2D eigenvalue weighted by Crippen LogP contribution is 2.30. The van der Waals surface area contributed by atoms with Crippen molar-refractivity contribution in [2.24, 2.45) is 11.3 Å². The molecular formula is C20H28N2O2. The molecule has 0 radical (unpaired) electrons. The van der Waals surface area contributed by atoms with E-state index in [1.54, 1.807) is 0 Å². The van der Waals surface area contributed by atoms with Crippen LogP contribution in [0, 0.1) is 11.3 Å². The number of piperidine rings is 1. The van der Waals surface area contributed by atoms with Crippen LogP contribution < -0.4 is 4.90 Å². The van der Waals surface area contributed by atoms with Crippen LogP contribution in [-0.2, 0) is 16.0 Å². The van der Waals surface area contributed by atoms with Gasteiger partial charge in [0.05, 0.1) is 5.92 Å². The van der Waals surface area contributed by atoms with E-state index in [-0.39, 0.29) is 23.1 Å². The van der Waals surface area contributed by atoms with Crippen molar-refractivity contribution in [3.63, 3.8) is 0 Å². The Labute approximate surface area is 144 Å². The van der Waals surface area contributed by atoms with E-state index in [2.05, 4.69) is 6.07 Å². The highest BCUT2D eigenvalue weighted by Gasteiger charge is 2.36. The molecule has 1 unspecified atom stereocenters. The summed E-state index contributed by atoms with van der Waals surface area (Å²) in [6, 6.07) is 8.20. The van der Waals surface area contributed by atoms with Gasteiger partial charge in [-0.15, -0.1) is 0 Å². The molecule has 4 heteroatoms. The number of anilines is 1. The highest BCUT2D eigenvalue weighted by molar-refractivity contribution is 5.96. The first-order chi connectivity index (χ1) is 11.4. The largest absolute Gasteiger partial charge is 0.341 e.